The highest BCUT2D eigenvalue weighted by atomic mass is 16.5. The molecule has 21 heavy (non-hydrogen) atoms. The number of rotatable bonds is 3. The van der Waals surface area contributed by atoms with Crippen molar-refractivity contribution >= 4 is 10.9 Å². The average Bonchev–Trinajstić information content (AvgIpc) is 2.84. The molecule has 0 radical (unpaired) electrons. The first-order chi connectivity index (χ1) is 10.1. The number of methoxy groups -OCH3 is 1. The molecule has 2 heterocycles. The second kappa shape index (κ2) is 5.14. The topological polar surface area (TPSA) is 61.9 Å². The van der Waals surface area contributed by atoms with Crippen molar-refractivity contribution in [3.63, 3.8) is 0 Å². The molecule has 3 rings (SSSR count). The zero-order valence-corrected chi connectivity index (χ0v) is 12.2. The average molecular weight is 284 g/mol. The Kier molecular flexibility index (Phi) is 3.31. The monoisotopic (exact) mass is 284 g/mol. The number of benzene rings is 1. The van der Waals surface area contributed by atoms with Crippen LogP contribution in [0.3, 0.4) is 0 Å². The van der Waals surface area contributed by atoms with Crippen LogP contribution in [0.5, 0.6) is 0 Å². The summed E-state index contributed by atoms with van der Waals surface area (Å²) in [4.78, 5) is 16.5. The van der Waals surface area contributed by atoms with Gasteiger partial charge in [-0.15, -0.1) is 0 Å². The van der Waals surface area contributed by atoms with E-state index in [0.29, 0.717) is 18.3 Å². The first-order valence-electron chi connectivity index (χ1n) is 6.62. The molecule has 1 aromatic carbocycles. The zero-order chi connectivity index (χ0) is 15.0. The Morgan fingerprint density at radius 3 is 2.81 bits per heavy atom. The lowest BCUT2D eigenvalue weighted by atomic mass is 10.2. The van der Waals surface area contributed by atoms with Crippen LogP contribution in [0.15, 0.2) is 35.1 Å². The quantitative estimate of drug-likeness (QED) is 0.732. The van der Waals surface area contributed by atoms with E-state index in [1.165, 1.54) is 0 Å². The lowest BCUT2D eigenvalue weighted by molar-refractivity contribution is 0.176. The van der Waals surface area contributed by atoms with E-state index in [0.717, 1.165) is 16.6 Å². The van der Waals surface area contributed by atoms with Gasteiger partial charge in [0, 0.05) is 25.6 Å². The van der Waals surface area contributed by atoms with Crippen LogP contribution in [-0.2, 0) is 18.4 Å². The molecule has 0 atom stereocenters. The van der Waals surface area contributed by atoms with E-state index in [2.05, 4.69) is 10.1 Å². The highest BCUT2D eigenvalue weighted by Gasteiger charge is 2.14. The van der Waals surface area contributed by atoms with E-state index in [-0.39, 0.29) is 5.56 Å². The summed E-state index contributed by atoms with van der Waals surface area (Å²) in [6.45, 7) is 2.16. The third-order valence-electron chi connectivity index (χ3n) is 3.41. The molecular weight excluding hydrogens is 268 g/mol. The number of para-hydroxylation sites is 1. The molecule has 0 aliphatic carbocycles. The van der Waals surface area contributed by atoms with Crippen LogP contribution in [0.4, 0.5) is 0 Å². The molecule has 2 aromatic heterocycles. The van der Waals surface area contributed by atoms with Crippen LogP contribution >= 0.6 is 0 Å². The maximum atomic E-state index is 12.2. The molecule has 0 aliphatic heterocycles. The van der Waals surface area contributed by atoms with Crippen molar-refractivity contribution in [2.45, 2.75) is 13.5 Å². The van der Waals surface area contributed by atoms with E-state index >= 15 is 0 Å². The van der Waals surface area contributed by atoms with Crippen LogP contribution < -0.4 is 5.56 Å². The Balaban J connectivity index is 2.35. The van der Waals surface area contributed by atoms with Crippen LogP contribution in [0.1, 0.15) is 11.6 Å². The molecule has 0 amide bonds. The first kappa shape index (κ1) is 13.5. The summed E-state index contributed by atoms with van der Waals surface area (Å²) in [5.41, 5.74) is 1.50. The summed E-state index contributed by atoms with van der Waals surface area (Å²) < 4.78 is 8.47. The number of ether oxygens (including phenoxy) is 1. The van der Waals surface area contributed by atoms with Crippen molar-refractivity contribution in [2.75, 3.05) is 7.11 Å². The fourth-order valence-corrected chi connectivity index (χ4v) is 2.44. The van der Waals surface area contributed by atoms with Gasteiger partial charge in [-0.05, 0) is 13.0 Å². The third-order valence-corrected chi connectivity index (χ3v) is 3.41. The number of hydrogen-bond donors (Lipinski definition) is 0. The molecule has 0 unspecified atom stereocenters. The Morgan fingerprint density at radius 1 is 1.29 bits per heavy atom. The van der Waals surface area contributed by atoms with E-state index in [1.54, 1.807) is 29.5 Å². The molecule has 3 aromatic rings. The van der Waals surface area contributed by atoms with Crippen LogP contribution in [0, 0.1) is 6.92 Å². The van der Waals surface area contributed by atoms with Gasteiger partial charge in [-0.1, -0.05) is 18.2 Å². The minimum Gasteiger partial charge on any atom is -0.377 e. The summed E-state index contributed by atoms with van der Waals surface area (Å²) in [7, 11) is 3.37. The summed E-state index contributed by atoms with van der Waals surface area (Å²) in [5.74, 6) is 1.32. The second-order valence-electron chi connectivity index (χ2n) is 4.86. The molecule has 108 valence electrons. The second-order valence-corrected chi connectivity index (χ2v) is 4.86. The Labute approximate surface area is 121 Å². The van der Waals surface area contributed by atoms with Gasteiger partial charge in [0.2, 0.25) is 0 Å². The SMILES string of the molecule is COCc1nc(C)nn1-c1cc(=O)n(C)c2ccccc12. The number of aromatic nitrogens is 4. The minimum atomic E-state index is -0.0831. The van der Waals surface area contributed by atoms with Crippen LogP contribution in [0.25, 0.3) is 16.6 Å². The molecule has 6 heteroatoms. The molecule has 0 bridgehead atoms. The van der Waals surface area contributed by atoms with E-state index in [1.807, 2.05) is 31.2 Å². The maximum Gasteiger partial charge on any atom is 0.252 e. The Bertz CT molecular complexity index is 864. The van der Waals surface area contributed by atoms with Crippen molar-refractivity contribution in [3.05, 3.63) is 52.3 Å². The van der Waals surface area contributed by atoms with Crippen molar-refractivity contribution in [3.8, 4) is 5.69 Å². The van der Waals surface area contributed by atoms with Crippen molar-refractivity contribution in [1.82, 2.24) is 19.3 Å². The van der Waals surface area contributed by atoms with Gasteiger partial charge >= 0.3 is 0 Å². The van der Waals surface area contributed by atoms with Gasteiger partial charge in [0.15, 0.2) is 5.82 Å². The largest absolute Gasteiger partial charge is 0.377 e. The number of aryl methyl sites for hydroxylation is 2. The molecule has 0 aliphatic rings. The molecule has 0 fully saturated rings. The summed E-state index contributed by atoms with van der Waals surface area (Å²) in [6, 6.07) is 9.32. The Hall–Kier alpha value is -2.47. The predicted molar refractivity (Wildman–Crippen MR) is 79.6 cm³/mol. The van der Waals surface area contributed by atoms with E-state index in [4.69, 9.17) is 4.74 Å². The number of hydrogen-bond acceptors (Lipinski definition) is 4. The van der Waals surface area contributed by atoms with Gasteiger partial charge in [-0.25, -0.2) is 9.67 Å². The van der Waals surface area contributed by atoms with Crippen molar-refractivity contribution in [1.29, 1.82) is 0 Å². The van der Waals surface area contributed by atoms with Crippen molar-refractivity contribution in [2.24, 2.45) is 7.05 Å². The lowest BCUT2D eigenvalue weighted by Gasteiger charge is -2.11. The van der Waals surface area contributed by atoms with E-state index in [9.17, 15) is 4.79 Å². The zero-order valence-electron chi connectivity index (χ0n) is 12.2. The maximum absolute atomic E-state index is 12.2. The summed E-state index contributed by atoms with van der Waals surface area (Å²) in [6.07, 6.45) is 0. The third kappa shape index (κ3) is 2.23. The Morgan fingerprint density at radius 2 is 2.05 bits per heavy atom. The molecule has 0 N–H and O–H groups in total. The van der Waals surface area contributed by atoms with Crippen LogP contribution in [-0.4, -0.2) is 26.4 Å². The normalized spacial score (nSPS) is 11.2. The van der Waals surface area contributed by atoms with Gasteiger partial charge in [0.1, 0.15) is 12.4 Å². The smallest absolute Gasteiger partial charge is 0.252 e. The van der Waals surface area contributed by atoms with E-state index < -0.39 is 0 Å². The van der Waals surface area contributed by atoms with Gasteiger partial charge in [0.25, 0.3) is 5.56 Å². The summed E-state index contributed by atoms with van der Waals surface area (Å²) in [5, 5.41) is 5.34. The fraction of sp³-hybridized carbons (Fsp3) is 0.267. The molecule has 0 spiro atoms. The van der Waals surface area contributed by atoms with Crippen LogP contribution in [0.2, 0.25) is 0 Å². The predicted octanol–water partition coefficient (Wildman–Crippen LogP) is 1.57. The summed E-state index contributed by atoms with van der Waals surface area (Å²) >= 11 is 0. The molecule has 6 nitrogen and oxygen atoms in total. The number of fused-ring (bicyclic) bond motifs is 1. The van der Waals surface area contributed by atoms with Gasteiger partial charge in [-0.2, -0.15) is 5.10 Å². The first-order valence-corrected chi connectivity index (χ1v) is 6.62. The minimum absolute atomic E-state index is 0.0831. The molecule has 0 saturated carbocycles. The van der Waals surface area contributed by atoms with Gasteiger partial charge in [0.05, 0.1) is 11.2 Å². The van der Waals surface area contributed by atoms with Gasteiger partial charge < -0.3 is 9.30 Å². The fourth-order valence-electron chi connectivity index (χ4n) is 2.44. The number of nitrogens with zero attached hydrogens (tertiary/aromatic N) is 4. The van der Waals surface area contributed by atoms with Gasteiger partial charge in [-0.3, -0.25) is 4.79 Å². The lowest BCUT2D eigenvalue weighted by Crippen LogP contribution is -2.18. The molecular formula is C15H16N4O2. The highest BCUT2D eigenvalue weighted by Crippen LogP contribution is 2.20. The van der Waals surface area contributed by atoms with Crippen molar-refractivity contribution < 1.29 is 4.74 Å². The highest BCUT2D eigenvalue weighted by molar-refractivity contribution is 5.87. The standard InChI is InChI=1S/C15H16N4O2/c1-10-16-14(9-21-3)19(17-10)13-8-15(20)18(2)12-7-5-4-6-11(12)13/h4-8H,9H2,1-3H3. The molecule has 0 saturated heterocycles. The number of pyridine rings is 1.